The van der Waals surface area contributed by atoms with E-state index in [1.54, 1.807) is 6.07 Å². The predicted octanol–water partition coefficient (Wildman–Crippen LogP) is 2.79. The van der Waals surface area contributed by atoms with Crippen molar-refractivity contribution in [3.63, 3.8) is 0 Å². The molecule has 0 radical (unpaired) electrons. The fourth-order valence-corrected chi connectivity index (χ4v) is 2.24. The van der Waals surface area contributed by atoms with Crippen LogP contribution in [0.4, 0.5) is 0 Å². The molecule has 0 amide bonds. The molecular formula is C15H18O4. The van der Waals surface area contributed by atoms with Crippen LogP contribution in [0, 0.1) is 0 Å². The van der Waals surface area contributed by atoms with E-state index in [4.69, 9.17) is 9.84 Å². The molecule has 1 heterocycles. The van der Waals surface area contributed by atoms with Crippen molar-refractivity contribution in [3.8, 4) is 5.75 Å². The third kappa shape index (κ3) is 2.95. The Morgan fingerprint density at radius 2 is 2.05 bits per heavy atom. The van der Waals surface area contributed by atoms with E-state index in [0.717, 1.165) is 11.3 Å². The van der Waals surface area contributed by atoms with Gasteiger partial charge in [0.25, 0.3) is 0 Å². The monoisotopic (exact) mass is 262 g/mol. The highest BCUT2D eigenvalue weighted by Crippen LogP contribution is 2.38. The number of fused-ring (bicyclic) bond motifs is 1. The summed E-state index contributed by atoms with van der Waals surface area (Å²) in [5.41, 5.74) is 1.62. The largest absolute Gasteiger partial charge is 0.492 e. The number of hydrogen-bond acceptors (Lipinski definition) is 3. The van der Waals surface area contributed by atoms with Gasteiger partial charge >= 0.3 is 5.97 Å². The Morgan fingerprint density at radius 1 is 1.32 bits per heavy atom. The van der Waals surface area contributed by atoms with Gasteiger partial charge in [-0.05, 0) is 24.6 Å². The number of ether oxygens (including phenoxy) is 1. The van der Waals surface area contributed by atoms with Crippen LogP contribution in [0.3, 0.4) is 0 Å². The molecule has 1 aliphatic heterocycles. The second kappa shape index (κ2) is 5.03. The molecule has 2 rings (SSSR count). The Kier molecular flexibility index (Phi) is 3.60. The first-order valence-corrected chi connectivity index (χ1v) is 6.42. The summed E-state index contributed by atoms with van der Waals surface area (Å²) in [5, 5.41) is 8.56. The van der Waals surface area contributed by atoms with E-state index in [1.165, 1.54) is 0 Å². The van der Waals surface area contributed by atoms with Gasteiger partial charge in [0, 0.05) is 29.4 Å². The summed E-state index contributed by atoms with van der Waals surface area (Å²) in [7, 11) is 0. The number of aliphatic carboxylic acids is 1. The number of hydrogen-bond donors (Lipinski definition) is 1. The van der Waals surface area contributed by atoms with Crippen LogP contribution >= 0.6 is 0 Å². The maximum atomic E-state index is 12.0. The maximum Gasteiger partial charge on any atom is 0.303 e. The van der Waals surface area contributed by atoms with Gasteiger partial charge in [-0.3, -0.25) is 9.59 Å². The van der Waals surface area contributed by atoms with Crippen molar-refractivity contribution in [2.75, 3.05) is 6.61 Å². The summed E-state index contributed by atoms with van der Waals surface area (Å²) >= 11 is 0. The van der Waals surface area contributed by atoms with Gasteiger partial charge in [0.1, 0.15) is 5.75 Å². The molecule has 1 aromatic rings. The van der Waals surface area contributed by atoms with Crippen molar-refractivity contribution < 1.29 is 19.4 Å². The summed E-state index contributed by atoms with van der Waals surface area (Å²) in [6.07, 6.45) is 0.683. The van der Waals surface area contributed by atoms with Crippen LogP contribution in [0.2, 0.25) is 0 Å². The topological polar surface area (TPSA) is 63.6 Å². The van der Waals surface area contributed by atoms with Crippen molar-refractivity contribution in [3.05, 3.63) is 29.3 Å². The number of Topliss-reactive ketones (excluding diaryl/α,β-unsaturated/α-hetero) is 1. The zero-order valence-corrected chi connectivity index (χ0v) is 11.2. The van der Waals surface area contributed by atoms with E-state index in [-0.39, 0.29) is 24.0 Å². The van der Waals surface area contributed by atoms with Crippen LogP contribution in [0.5, 0.6) is 5.75 Å². The molecule has 102 valence electrons. The van der Waals surface area contributed by atoms with Crippen molar-refractivity contribution in [1.29, 1.82) is 0 Å². The van der Waals surface area contributed by atoms with Gasteiger partial charge in [-0.1, -0.05) is 13.8 Å². The van der Waals surface area contributed by atoms with E-state index in [1.807, 2.05) is 12.1 Å². The SMILES string of the molecule is CC1(C)COc2ccc(C(=O)CCCC(=O)O)cc21. The fraction of sp³-hybridized carbons (Fsp3) is 0.467. The summed E-state index contributed by atoms with van der Waals surface area (Å²) in [4.78, 5) is 22.4. The summed E-state index contributed by atoms with van der Waals surface area (Å²) in [5.74, 6) is -0.0323. The molecule has 1 aliphatic rings. The van der Waals surface area contributed by atoms with Crippen LogP contribution in [0.1, 0.15) is 49.0 Å². The molecule has 0 aliphatic carbocycles. The molecule has 19 heavy (non-hydrogen) atoms. The molecule has 0 aromatic heterocycles. The number of benzene rings is 1. The molecule has 0 saturated carbocycles. The fourth-order valence-electron chi connectivity index (χ4n) is 2.24. The zero-order valence-electron chi connectivity index (χ0n) is 11.2. The van der Waals surface area contributed by atoms with Gasteiger partial charge in [0.2, 0.25) is 0 Å². The van der Waals surface area contributed by atoms with E-state index in [9.17, 15) is 9.59 Å². The first-order chi connectivity index (χ1) is 8.90. The molecule has 0 bridgehead atoms. The highest BCUT2D eigenvalue weighted by molar-refractivity contribution is 5.96. The van der Waals surface area contributed by atoms with Gasteiger partial charge in [-0.2, -0.15) is 0 Å². The molecule has 1 aromatic carbocycles. The molecule has 4 heteroatoms. The normalized spacial score (nSPS) is 15.7. The molecular weight excluding hydrogens is 244 g/mol. The Morgan fingerprint density at radius 3 is 2.74 bits per heavy atom. The molecule has 0 saturated heterocycles. The standard InChI is InChI=1S/C15H18O4/c1-15(2)9-19-13-7-6-10(8-11(13)15)12(16)4-3-5-14(17)18/h6-8H,3-5,9H2,1-2H3,(H,17,18). The minimum atomic E-state index is -0.865. The Labute approximate surface area is 112 Å². The second-order valence-electron chi connectivity index (χ2n) is 5.55. The first kappa shape index (κ1) is 13.6. The van der Waals surface area contributed by atoms with Crippen molar-refractivity contribution in [2.45, 2.75) is 38.5 Å². The summed E-state index contributed by atoms with van der Waals surface area (Å²) in [6.45, 7) is 4.79. The van der Waals surface area contributed by atoms with E-state index in [0.29, 0.717) is 18.6 Å². The zero-order chi connectivity index (χ0) is 14.0. The molecule has 4 nitrogen and oxygen atoms in total. The Balaban J connectivity index is 2.10. The average Bonchev–Trinajstić information content (AvgIpc) is 2.64. The number of carbonyl (C=O) groups excluding carboxylic acids is 1. The summed E-state index contributed by atoms with van der Waals surface area (Å²) in [6, 6.07) is 5.46. The van der Waals surface area contributed by atoms with Crippen LogP contribution in [0.25, 0.3) is 0 Å². The van der Waals surface area contributed by atoms with Gasteiger partial charge in [-0.15, -0.1) is 0 Å². The van der Waals surface area contributed by atoms with E-state index < -0.39 is 5.97 Å². The van der Waals surface area contributed by atoms with Gasteiger partial charge in [0.05, 0.1) is 6.61 Å². The smallest absolute Gasteiger partial charge is 0.303 e. The maximum absolute atomic E-state index is 12.0. The number of carboxylic acids is 1. The lowest BCUT2D eigenvalue weighted by Gasteiger charge is -2.15. The number of carboxylic acid groups (broad SMARTS) is 1. The number of ketones is 1. The lowest BCUT2D eigenvalue weighted by atomic mass is 9.85. The highest BCUT2D eigenvalue weighted by Gasteiger charge is 2.32. The molecule has 0 atom stereocenters. The van der Waals surface area contributed by atoms with Crippen LogP contribution in [-0.2, 0) is 10.2 Å². The molecule has 1 N–H and O–H groups in total. The van der Waals surface area contributed by atoms with E-state index in [2.05, 4.69) is 13.8 Å². The molecule has 0 unspecified atom stereocenters. The summed E-state index contributed by atoms with van der Waals surface area (Å²) < 4.78 is 5.57. The third-order valence-corrected chi connectivity index (χ3v) is 3.41. The van der Waals surface area contributed by atoms with Crippen molar-refractivity contribution in [1.82, 2.24) is 0 Å². The van der Waals surface area contributed by atoms with Crippen molar-refractivity contribution >= 4 is 11.8 Å². The van der Waals surface area contributed by atoms with Gasteiger partial charge < -0.3 is 9.84 Å². The van der Waals surface area contributed by atoms with Gasteiger partial charge in [-0.25, -0.2) is 0 Å². The van der Waals surface area contributed by atoms with Crippen LogP contribution in [-0.4, -0.2) is 23.5 Å². The third-order valence-electron chi connectivity index (χ3n) is 3.41. The average molecular weight is 262 g/mol. The van der Waals surface area contributed by atoms with Gasteiger partial charge in [0.15, 0.2) is 5.78 Å². The molecule has 0 fully saturated rings. The molecule has 0 spiro atoms. The van der Waals surface area contributed by atoms with E-state index >= 15 is 0 Å². The number of rotatable bonds is 5. The Hall–Kier alpha value is -1.84. The number of carbonyl (C=O) groups is 2. The predicted molar refractivity (Wildman–Crippen MR) is 70.8 cm³/mol. The quantitative estimate of drug-likeness (QED) is 0.829. The minimum Gasteiger partial charge on any atom is -0.492 e. The highest BCUT2D eigenvalue weighted by atomic mass is 16.5. The van der Waals surface area contributed by atoms with Crippen LogP contribution in [0.15, 0.2) is 18.2 Å². The lowest BCUT2D eigenvalue weighted by molar-refractivity contribution is -0.137. The second-order valence-corrected chi connectivity index (χ2v) is 5.55. The van der Waals surface area contributed by atoms with Crippen LogP contribution < -0.4 is 4.74 Å². The first-order valence-electron chi connectivity index (χ1n) is 6.42. The lowest BCUT2D eigenvalue weighted by Crippen LogP contribution is -2.18. The minimum absolute atomic E-state index is 0.00764. The van der Waals surface area contributed by atoms with Crippen molar-refractivity contribution in [2.24, 2.45) is 0 Å². The Bertz CT molecular complexity index is 517.